The number of rotatable bonds is 5. The molecule has 3 heteroatoms. The minimum atomic E-state index is -0.640. The van der Waals surface area contributed by atoms with Crippen LogP contribution >= 0.6 is 0 Å². The van der Waals surface area contributed by atoms with Crippen LogP contribution in [0.5, 0.6) is 0 Å². The van der Waals surface area contributed by atoms with E-state index in [4.69, 9.17) is 5.11 Å². The molecule has 0 radical (unpaired) electrons. The number of carboxylic acid groups (broad SMARTS) is 1. The fourth-order valence-corrected chi connectivity index (χ4v) is 4.39. The van der Waals surface area contributed by atoms with E-state index in [9.17, 15) is 4.79 Å². The van der Waals surface area contributed by atoms with E-state index in [2.05, 4.69) is 18.7 Å². The van der Waals surface area contributed by atoms with Crippen LogP contribution in [0.2, 0.25) is 0 Å². The molecule has 1 heterocycles. The molecule has 1 N–H and O–H groups in total. The molecule has 20 heavy (non-hydrogen) atoms. The van der Waals surface area contributed by atoms with Gasteiger partial charge in [-0.1, -0.05) is 33.1 Å². The minimum Gasteiger partial charge on any atom is -0.481 e. The number of nitrogens with zero attached hydrogens (tertiary/aromatic N) is 1. The SMILES string of the molecule is CCC1CCCCC1N1CCCC(C(C)CC(=O)O)C1. The van der Waals surface area contributed by atoms with Gasteiger partial charge in [-0.3, -0.25) is 9.69 Å². The van der Waals surface area contributed by atoms with Crippen molar-refractivity contribution in [1.82, 2.24) is 4.90 Å². The van der Waals surface area contributed by atoms with Crippen LogP contribution in [0.15, 0.2) is 0 Å². The summed E-state index contributed by atoms with van der Waals surface area (Å²) in [6, 6.07) is 0.772. The lowest BCUT2D eigenvalue weighted by molar-refractivity contribution is -0.138. The average molecular weight is 281 g/mol. The van der Waals surface area contributed by atoms with Crippen LogP contribution in [0.4, 0.5) is 0 Å². The second kappa shape index (κ2) is 7.44. The summed E-state index contributed by atoms with van der Waals surface area (Å²) in [6.07, 6.45) is 9.65. The van der Waals surface area contributed by atoms with E-state index in [-0.39, 0.29) is 0 Å². The van der Waals surface area contributed by atoms with Crippen molar-refractivity contribution in [3.05, 3.63) is 0 Å². The summed E-state index contributed by atoms with van der Waals surface area (Å²) in [5, 5.41) is 9.00. The quantitative estimate of drug-likeness (QED) is 0.833. The Bertz CT molecular complexity index is 318. The van der Waals surface area contributed by atoms with E-state index < -0.39 is 5.97 Å². The Hall–Kier alpha value is -0.570. The molecule has 2 rings (SSSR count). The molecule has 0 aromatic heterocycles. The highest BCUT2D eigenvalue weighted by molar-refractivity contribution is 5.67. The molecule has 1 aliphatic heterocycles. The zero-order valence-electron chi connectivity index (χ0n) is 13.2. The molecule has 2 aliphatic rings. The maximum Gasteiger partial charge on any atom is 0.303 e. The molecule has 4 atom stereocenters. The Labute approximate surface area is 123 Å². The Morgan fingerprint density at radius 3 is 2.70 bits per heavy atom. The first-order valence-corrected chi connectivity index (χ1v) is 8.57. The summed E-state index contributed by atoms with van der Waals surface area (Å²) >= 11 is 0. The van der Waals surface area contributed by atoms with Gasteiger partial charge in [0.25, 0.3) is 0 Å². The van der Waals surface area contributed by atoms with E-state index in [1.165, 1.54) is 51.5 Å². The molecule has 1 saturated carbocycles. The van der Waals surface area contributed by atoms with Gasteiger partial charge < -0.3 is 5.11 Å². The van der Waals surface area contributed by atoms with Gasteiger partial charge in [0, 0.05) is 19.0 Å². The Kier molecular flexibility index (Phi) is 5.88. The Balaban J connectivity index is 1.93. The van der Waals surface area contributed by atoms with Crippen molar-refractivity contribution < 1.29 is 9.90 Å². The molecular formula is C17H31NO2. The highest BCUT2D eigenvalue weighted by atomic mass is 16.4. The zero-order chi connectivity index (χ0) is 14.5. The summed E-state index contributed by atoms with van der Waals surface area (Å²) in [5.41, 5.74) is 0. The van der Waals surface area contributed by atoms with E-state index in [0.29, 0.717) is 18.3 Å². The topological polar surface area (TPSA) is 40.5 Å². The van der Waals surface area contributed by atoms with Crippen LogP contribution in [0.1, 0.15) is 65.2 Å². The van der Waals surface area contributed by atoms with E-state index in [1.807, 2.05) is 0 Å². The predicted octanol–water partition coefficient (Wildman–Crippen LogP) is 3.78. The van der Waals surface area contributed by atoms with Crippen LogP contribution in [-0.2, 0) is 4.79 Å². The number of carboxylic acids is 1. The van der Waals surface area contributed by atoms with Crippen LogP contribution in [0.3, 0.4) is 0 Å². The highest BCUT2D eigenvalue weighted by Crippen LogP contribution is 2.35. The van der Waals surface area contributed by atoms with Gasteiger partial charge in [0.2, 0.25) is 0 Å². The third kappa shape index (κ3) is 3.97. The van der Waals surface area contributed by atoms with Crippen molar-refractivity contribution in [2.75, 3.05) is 13.1 Å². The summed E-state index contributed by atoms with van der Waals surface area (Å²) < 4.78 is 0. The average Bonchev–Trinajstić information content (AvgIpc) is 2.46. The van der Waals surface area contributed by atoms with Gasteiger partial charge in [-0.15, -0.1) is 0 Å². The first-order valence-electron chi connectivity index (χ1n) is 8.57. The van der Waals surface area contributed by atoms with E-state index in [1.54, 1.807) is 0 Å². The van der Waals surface area contributed by atoms with Gasteiger partial charge in [0.1, 0.15) is 0 Å². The number of hydrogen-bond acceptors (Lipinski definition) is 2. The van der Waals surface area contributed by atoms with Crippen molar-refractivity contribution in [3.63, 3.8) is 0 Å². The predicted molar refractivity (Wildman–Crippen MR) is 81.8 cm³/mol. The lowest BCUT2D eigenvalue weighted by atomic mass is 9.79. The van der Waals surface area contributed by atoms with E-state index in [0.717, 1.165) is 18.5 Å². The molecule has 0 bridgehead atoms. The molecule has 0 spiro atoms. The second-order valence-electron chi connectivity index (χ2n) is 6.99. The highest BCUT2D eigenvalue weighted by Gasteiger charge is 2.33. The van der Waals surface area contributed by atoms with Crippen molar-refractivity contribution in [2.24, 2.45) is 17.8 Å². The second-order valence-corrected chi connectivity index (χ2v) is 6.99. The standard InChI is InChI=1S/C17H31NO2/c1-3-14-7-4-5-9-16(14)18-10-6-8-15(12-18)13(2)11-17(19)20/h13-16H,3-12H2,1-2H3,(H,19,20). The Morgan fingerprint density at radius 2 is 2.00 bits per heavy atom. The Morgan fingerprint density at radius 1 is 1.25 bits per heavy atom. The molecule has 116 valence electrons. The molecule has 0 amide bonds. The van der Waals surface area contributed by atoms with E-state index >= 15 is 0 Å². The van der Waals surface area contributed by atoms with Crippen LogP contribution in [-0.4, -0.2) is 35.1 Å². The van der Waals surface area contributed by atoms with Gasteiger partial charge in [0.05, 0.1) is 0 Å². The van der Waals surface area contributed by atoms with Crippen molar-refractivity contribution in [3.8, 4) is 0 Å². The molecule has 4 unspecified atom stereocenters. The molecule has 0 aromatic carbocycles. The number of aliphatic carboxylic acids is 1. The summed E-state index contributed by atoms with van der Waals surface area (Å²) in [7, 11) is 0. The lowest BCUT2D eigenvalue weighted by Crippen LogP contribution is -2.48. The number of carbonyl (C=O) groups is 1. The third-order valence-corrected chi connectivity index (χ3v) is 5.65. The molecule has 0 aromatic rings. The van der Waals surface area contributed by atoms with Gasteiger partial charge >= 0.3 is 5.97 Å². The van der Waals surface area contributed by atoms with Gasteiger partial charge in [-0.2, -0.15) is 0 Å². The van der Waals surface area contributed by atoms with Gasteiger partial charge in [-0.25, -0.2) is 0 Å². The summed E-state index contributed by atoms with van der Waals surface area (Å²) in [4.78, 5) is 13.6. The van der Waals surface area contributed by atoms with Gasteiger partial charge in [-0.05, 0) is 50.0 Å². The molecule has 1 saturated heterocycles. The first kappa shape index (κ1) is 15.8. The normalized spacial score (nSPS) is 33.8. The van der Waals surface area contributed by atoms with Crippen molar-refractivity contribution in [1.29, 1.82) is 0 Å². The minimum absolute atomic E-state index is 0.318. The third-order valence-electron chi connectivity index (χ3n) is 5.65. The lowest BCUT2D eigenvalue weighted by Gasteiger charge is -2.45. The summed E-state index contributed by atoms with van der Waals surface area (Å²) in [6.45, 7) is 6.82. The van der Waals surface area contributed by atoms with Crippen LogP contribution in [0, 0.1) is 17.8 Å². The fourth-order valence-electron chi connectivity index (χ4n) is 4.39. The summed E-state index contributed by atoms with van der Waals surface area (Å²) in [5.74, 6) is 1.13. The molecule has 3 nitrogen and oxygen atoms in total. The largest absolute Gasteiger partial charge is 0.481 e. The smallest absolute Gasteiger partial charge is 0.303 e. The maximum atomic E-state index is 10.9. The van der Waals surface area contributed by atoms with Crippen LogP contribution < -0.4 is 0 Å². The molecule has 1 aliphatic carbocycles. The number of hydrogen-bond donors (Lipinski definition) is 1. The zero-order valence-corrected chi connectivity index (χ0v) is 13.2. The van der Waals surface area contributed by atoms with Crippen LogP contribution in [0.25, 0.3) is 0 Å². The molecule has 2 fully saturated rings. The number of likely N-dealkylation sites (tertiary alicyclic amines) is 1. The van der Waals surface area contributed by atoms with Crippen molar-refractivity contribution >= 4 is 5.97 Å². The number of piperidine rings is 1. The van der Waals surface area contributed by atoms with Gasteiger partial charge in [0.15, 0.2) is 0 Å². The monoisotopic (exact) mass is 281 g/mol. The van der Waals surface area contributed by atoms with Crippen molar-refractivity contribution in [2.45, 2.75) is 71.3 Å². The fraction of sp³-hybridized carbons (Fsp3) is 0.941. The first-order chi connectivity index (χ1) is 9.61. The molecular weight excluding hydrogens is 250 g/mol. The maximum absolute atomic E-state index is 10.9.